The lowest BCUT2D eigenvalue weighted by Crippen LogP contribution is -2.23. The number of rotatable bonds is 3. The topological polar surface area (TPSA) is 47.5 Å². The molecule has 3 aromatic rings. The van der Waals surface area contributed by atoms with Crippen LogP contribution in [0.4, 0.5) is 8.78 Å². The monoisotopic (exact) mass is 340 g/mol. The Balaban J connectivity index is 2.16. The van der Waals surface area contributed by atoms with E-state index in [1.165, 1.54) is 28.8 Å². The largest absolute Gasteiger partial charge is 0.324 e. The van der Waals surface area contributed by atoms with Gasteiger partial charge < -0.3 is 5.73 Å². The van der Waals surface area contributed by atoms with Crippen molar-refractivity contribution in [2.75, 3.05) is 0 Å². The van der Waals surface area contributed by atoms with E-state index in [2.05, 4.69) is 0 Å². The summed E-state index contributed by atoms with van der Waals surface area (Å²) in [6, 6.07) is 8.42. The van der Waals surface area contributed by atoms with E-state index in [9.17, 15) is 13.6 Å². The van der Waals surface area contributed by atoms with Crippen molar-refractivity contribution in [3.63, 3.8) is 0 Å². The van der Waals surface area contributed by atoms with Crippen LogP contribution in [-0.4, -0.2) is 4.40 Å². The molecule has 2 aromatic heterocycles. The Bertz CT molecular complexity index is 1020. The van der Waals surface area contributed by atoms with Gasteiger partial charge in [0, 0.05) is 12.2 Å². The summed E-state index contributed by atoms with van der Waals surface area (Å²) in [5.74, 6) is -0.531. The summed E-state index contributed by atoms with van der Waals surface area (Å²) in [5.41, 5.74) is 9.43. The Morgan fingerprint density at radius 2 is 1.72 bits per heavy atom. The van der Waals surface area contributed by atoms with Gasteiger partial charge in [-0.3, -0.25) is 9.20 Å². The second-order valence-electron chi connectivity index (χ2n) is 6.68. The van der Waals surface area contributed by atoms with Gasteiger partial charge >= 0.3 is 0 Å². The van der Waals surface area contributed by atoms with Gasteiger partial charge in [0.25, 0.3) is 5.56 Å². The minimum absolute atomic E-state index is 0.321. The Morgan fingerprint density at radius 1 is 1.08 bits per heavy atom. The maximum Gasteiger partial charge on any atom is 0.263 e. The number of hydrogen-bond donors (Lipinski definition) is 1. The van der Waals surface area contributed by atoms with Crippen molar-refractivity contribution < 1.29 is 8.78 Å². The molecule has 1 atom stereocenters. The number of nitrogens with two attached hydrogens (primary N) is 1. The molecule has 2 heterocycles. The first-order chi connectivity index (χ1) is 12.0. The molecule has 1 aliphatic rings. The highest BCUT2D eigenvalue weighted by molar-refractivity contribution is 5.75. The second kappa shape index (κ2) is 5.77. The van der Waals surface area contributed by atoms with Crippen LogP contribution >= 0.6 is 0 Å². The zero-order chi connectivity index (χ0) is 17.7. The molecule has 0 aliphatic heterocycles. The molecule has 1 fully saturated rings. The first-order valence-corrected chi connectivity index (χ1v) is 8.36. The molecule has 2 N–H and O–H groups in total. The molecule has 0 radical (unpaired) electrons. The summed E-state index contributed by atoms with van der Waals surface area (Å²) in [7, 11) is 0. The smallest absolute Gasteiger partial charge is 0.263 e. The predicted molar refractivity (Wildman–Crippen MR) is 93.6 cm³/mol. The minimum atomic E-state index is -0.477. The summed E-state index contributed by atoms with van der Waals surface area (Å²) in [5, 5.41) is 0. The molecule has 1 aliphatic carbocycles. The van der Waals surface area contributed by atoms with Crippen LogP contribution in [0.15, 0.2) is 47.4 Å². The van der Waals surface area contributed by atoms with Crippen molar-refractivity contribution in [3.8, 4) is 11.1 Å². The van der Waals surface area contributed by atoms with Crippen molar-refractivity contribution in [1.82, 2.24) is 4.40 Å². The molecule has 4 rings (SSSR count). The third kappa shape index (κ3) is 2.65. The van der Waals surface area contributed by atoms with E-state index >= 15 is 0 Å². The van der Waals surface area contributed by atoms with Crippen molar-refractivity contribution in [1.29, 1.82) is 0 Å². The summed E-state index contributed by atoms with van der Waals surface area (Å²) in [6.07, 6.45) is 3.25. The number of aromatic nitrogens is 1. The molecule has 0 saturated heterocycles. The average Bonchev–Trinajstić information content (AvgIpc) is 3.40. The van der Waals surface area contributed by atoms with Gasteiger partial charge in [0.2, 0.25) is 0 Å². The predicted octanol–water partition coefficient (Wildman–Crippen LogP) is 4.14. The van der Waals surface area contributed by atoms with Crippen molar-refractivity contribution in [2.45, 2.75) is 31.7 Å². The highest BCUT2D eigenvalue weighted by Gasteiger charge is 2.32. The molecule has 128 valence electrons. The van der Waals surface area contributed by atoms with Crippen molar-refractivity contribution in [3.05, 3.63) is 75.7 Å². The molecular formula is C20H18F2N2O. The molecule has 0 spiro atoms. The SMILES string of the molecule is C[C@H](N)c1c(-c2ccc(F)cc2)c(=O)n2cc(F)ccc2c1C1CC1. The van der Waals surface area contributed by atoms with Crippen LogP contribution in [0.3, 0.4) is 0 Å². The van der Waals surface area contributed by atoms with Crippen LogP contribution in [0.2, 0.25) is 0 Å². The van der Waals surface area contributed by atoms with Crippen molar-refractivity contribution >= 4 is 5.52 Å². The standard InChI is InChI=1S/C20H18F2N2O/c1-11(23)17-18(12-2-3-12)16-9-8-15(22)10-24(16)20(25)19(17)13-4-6-14(21)7-5-13/h4-12H,2-3,23H2,1H3/t11-/m0/s1. The number of nitrogens with zero attached hydrogens (tertiary/aromatic N) is 1. The van der Waals surface area contributed by atoms with Crippen LogP contribution in [0.5, 0.6) is 0 Å². The Kier molecular flexibility index (Phi) is 3.69. The Morgan fingerprint density at radius 3 is 2.32 bits per heavy atom. The van der Waals surface area contributed by atoms with Gasteiger partial charge in [-0.25, -0.2) is 8.78 Å². The lowest BCUT2D eigenvalue weighted by molar-refractivity contribution is 0.617. The molecule has 0 bridgehead atoms. The highest BCUT2D eigenvalue weighted by Crippen LogP contribution is 2.46. The van der Waals surface area contributed by atoms with Gasteiger partial charge in [0.05, 0.1) is 11.1 Å². The number of pyridine rings is 2. The molecule has 0 unspecified atom stereocenters. The lowest BCUT2D eigenvalue weighted by Gasteiger charge is -2.20. The van der Waals surface area contributed by atoms with E-state index in [1.54, 1.807) is 18.2 Å². The maximum atomic E-state index is 13.8. The van der Waals surface area contributed by atoms with Crippen LogP contribution in [0, 0.1) is 11.6 Å². The molecule has 0 amide bonds. The number of halogens is 2. The van der Waals surface area contributed by atoms with E-state index in [-0.39, 0.29) is 17.4 Å². The van der Waals surface area contributed by atoms with Gasteiger partial charge in [0.15, 0.2) is 0 Å². The lowest BCUT2D eigenvalue weighted by atomic mass is 9.90. The minimum Gasteiger partial charge on any atom is -0.324 e. The molecule has 1 aromatic carbocycles. The van der Waals surface area contributed by atoms with Gasteiger partial charge in [-0.2, -0.15) is 0 Å². The first-order valence-electron chi connectivity index (χ1n) is 8.36. The third-order valence-corrected chi connectivity index (χ3v) is 4.75. The second-order valence-corrected chi connectivity index (χ2v) is 6.68. The van der Waals surface area contributed by atoms with Gasteiger partial charge in [-0.15, -0.1) is 0 Å². The highest BCUT2D eigenvalue weighted by atomic mass is 19.1. The first kappa shape index (κ1) is 16.0. The van der Waals surface area contributed by atoms with E-state index in [1.807, 2.05) is 6.92 Å². The van der Waals surface area contributed by atoms with E-state index in [4.69, 9.17) is 5.73 Å². The van der Waals surface area contributed by atoms with E-state index in [0.29, 0.717) is 22.6 Å². The number of hydrogen-bond acceptors (Lipinski definition) is 2. The van der Waals surface area contributed by atoms with Crippen LogP contribution in [0.25, 0.3) is 16.6 Å². The number of benzene rings is 1. The number of fused-ring (bicyclic) bond motifs is 1. The molecule has 25 heavy (non-hydrogen) atoms. The van der Waals surface area contributed by atoms with Gasteiger partial charge in [0.1, 0.15) is 11.6 Å². The summed E-state index contributed by atoms with van der Waals surface area (Å²) >= 11 is 0. The maximum absolute atomic E-state index is 13.8. The van der Waals surface area contributed by atoms with Crippen LogP contribution < -0.4 is 11.3 Å². The zero-order valence-corrected chi connectivity index (χ0v) is 13.8. The average molecular weight is 340 g/mol. The fraction of sp³-hybridized carbons (Fsp3) is 0.250. The normalized spacial score (nSPS) is 15.5. The van der Waals surface area contributed by atoms with Crippen LogP contribution in [0.1, 0.15) is 42.9 Å². The summed E-state index contributed by atoms with van der Waals surface area (Å²) in [6.45, 7) is 1.84. The third-order valence-electron chi connectivity index (χ3n) is 4.75. The quantitative estimate of drug-likeness (QED) is 0.779. The Labute approximate surface area is 143 Å². The molecule has 1 saturated carbocycles. The summed E-state index contributed by atoms with van der Waals surface area (Å²) < 4.78 is 28.5. The zero-order valence-electron chi connectivity index (χ0n) is 13.8. The molecule has 5 heteroatoms. The van der Waals surface area contributed by atoms with Gasteiger partial charge in [-0.05, 0) is 66.6 Å². The van der Waals surface area contributed by atoms with Crippen LogP contribution in [-0.2, 0) is 0 Å². The fourth-order valence-corrected chi connectivity index (χ4v) is 3.54. The fourth-order valence-electron chi connectivity index (χ4n) is 3.54. The van der Waals surface area contributed by atoms with E-state index in [0.717, 1.165) is 24.0 Å². The summed E-state index contributed by atoms with van der Waals surface area (Å²) in [4.78, 5) is 13.1. The van der Waals surface area contributed by atoms with E-state index < -0.39 is 5.82 Å². The van der Waals surface area contributed by atoms with Crippen molar-refractivity contribution in [2.24, 2.45) is 5.73 Å². The Hall–Kier alpha value is -2.53. The molecule has 3 nitrogen and oxygen atoms in total. The van der Waals surface area contributed by atoms with Gasteiger partial charge in [-0.1, -0.05) is 12.1 Å². The molecular weight excluding hydrogens is 322 g/mol.